The number of aryl methyl sites for hydroxylation is 1. The van der Waals surface area contributed by atoms with Crippen LogP contribution in [0.5, 0.6) is 0 Å². The first-order valence-electron chi connectivity index (χ1n) is 4.96. The number of hydrogen-bond acceptors (Lipinski definition) is 5. The second-order valence-corrected chi connectivity index (χ2v) is 3.50. The molecular formula is C10H17N5. The van der Waals surface area contributed by atoms with Crippen LogP contribution in [0.25, 0.3) is 0 Å². The number of nitrogens with zero attached hydrogens (tertiary/aromatic N) is 3. The Bertz CT molecular complexity index is 335. The molecule has 1 aromatic heterocycles. The minimum atomic E-state index is 0.305. The zero-order valence-corrected chi connectivity index (χ0v) is 9.41. The van der Waals surface area contributed by atoms with E-state index in [1.165, 1.54) is 0 Å². The summed E-state index contributed by atoms with van der Waals surface area (Å²) in [6.45, 7) is 10.2. The molecule has 0 saturated carbocycles. The fourth-order valence-electron chi connectivity index (χ4n) is 1.05. The maximum atomic E-state index is 4.22. The second kappa shape index (κ2) is 5.29. The highest BCUT2D eigenvalue weighted by Crippen LogP contribution is 2.05. The van der Waals surface area contributed by atoms with Crippen molar-refractivity contribution in [1.82, 2.24) is 15.0 Å². The largest absolute Gasteiger partial charge is 0.352 e. The van der Waals surface area contributed by atoms with Crippen molar-refractivity contribution in [2.24, 2.45) is 0 Å². The fourth-order valence-corrected chi connectivity index (χ4v) is 1.05. The second-order valence-electron chi connectivity index (χ2n) is 3.50. The Morgan fingerprint density at radius 1 is 1.27 bits per heavy atom. The average Bonchev–Trinajstić information content (AvgIpc) is 2.12. The van der Waals surface area contributed by atoms with Gasteiger partial charge in [0.05, 0.1) is 0 Å². The monoisotopic (exact) mass is 207 g/mol. The number of hydrogen-bond donors (Lipinski definition) is 2. The smallest absolute Gasteiger partial charge is 0.227 e. The van der Waals surface area contributed by atoms with Gasteiger partial charge >= 0.3 is 0 Å². The maximum Gasteiger partial charge on any atom is 0.227 e. The van der Waals surface area contributed by atoms with E-state index >= 15 is 0 Å². The minimum absolute atomic E-state index is 0.305. The molecule has 0 unspecified atom stereocenters. The third kappa shape index (κ3) is 3.93. The van der Waals surface area contributed by atoms with Crippen LogP contribution >= 0.6 is 0 Å². The van der Waals surface area contributed by atoms with Gasteiger partial charge in [-0.15, -0.1) is 6.58 Å². The molecule has 0 atom stereocenters. The summed E-state index contributed by atoms with van der Waals surface area (Å²) in [4.78, 5) is 12.6. The highest BCUT2D eigenvalue weighted by molar-refractivity contribution is 5.35. The van der Waals surface area contributed by atoms with E-state index in [-0.39, 0.29) is 0 Å². The molecule has 15 heavy (non-hydrogen) atoms. The molecule has 0 fully saturated rings. The summed E-state index contributed by atoms with van der Waals surface area (Å²) < 4.78 is 0. The molecule has 82 valence electrons. The zero-order chi connectivity index (χ0) is 11.3. The fraction of sp³-hybridized carbons (Fsp3) is 0.500. The number of nitrogens with one attached hydrogen (secondary N) is 2. The highest BCUT2D eigenvalue weighted by Gasteiger charge is 2.03. The molecule has 5 nitrogen and oxygen atoms in total. The topological polar surface area (TPSA) is 62.7 Å². The van der Waals surface area contributed by atoms with E-state index in [1.807, 2.05) is 20.8 Å². The van der Waals surface area contributed by atoms with Crippen LogP contribution in [0.4, 0.5) is 11.9 Å². The molecule has 0 saturated heterocycles. The molecule has 1 aromatic rings. The number of rotatable bonds is 5. The molecule has 0 amide bonds. The lowest BCUT2D eigenvalue weighted by Gasteiger charge is -2.09. The van der Waals surface area contributed by atoms with Gasteiger partial charge in [0.15, 0.2) is 0 Å². The molecular weight excluding hydrogens is 190 g/mol. The van der Waals surface area contributed by atoms with Crippen LogP contribution in [0.2, 0.25) is 0 Å². The Kier molecular flexibility index (Phi) is 4.03. The zero-order valence-electron chi connectivity index (χ0n) is 9.41. The molecule has 0 radical (unpaired) electrons. The summed E-state index contributed by atoms with van der Waals surface area (Å²) in [5, 5.41) is 6.16. The van der Waals surface area contributed by atoms with Gasteiger partial charge in [-0.2, -0.15) is 15.0 Å². The van der Waals surface area contributed by atoms with E-state index in [9.17, 15) is 0 Å². The van der Waals surface area contributed by atoms with Crippen molar-refractivity contribution in [2.45, 2.75) is 26.8 Å². The van der Waals surface area contributed by atoms with Crippen LogP contribution in [0.1, 0.15) is 19.7 Å². The molecule has 2 N–H and O–H groups in total. The predicted molar refractivity (Wildman–Crippen MR) is 62.0 cm³/mol. The molecule has 0 aliphatic heterocycles. The molecule has 1 heterocycles. The lowest BCUT2D eigenvalue weighted by Crippen LogP contribution is -2.15. The van der Waals surface area contributed by atoms with Crippen molar-refractivity contribution in [3.63, 3.8) is 0 Å². The van der Waals surface area contributed by atoms with Crippen LogP contribution in [0, 0.1) is 6.92 Å². The minimum Gasteiger partial charge on any atom is -0.352 e. The van der Waals surface area contributed by atoms with Gasteiger partial charge < -0.3 is 10.6 Å². The summed E-state index contributed by atoms with van der Waals surface area (Å²) in [6, 6.07) is 0.305. The van der Waals surface area contributed by atoms with Gasteiger partial charge in [-0.1, -0.05) is 6.08 Å². The molecule has 0 aliphatic carbocycles. The standard InChI is InChI=1S/C10H17N5/c1-5-6-11-9-13-8(4)14-10(15-9)12-7(2)3/h5,7H,1,6H2,2-4H3,(H2,11,12,13,14,15). The van der Waals surface area contributed by atoms with Crippen LogP contribution in [-0.4, -0.2) is 27.5 Å². The summed E-state index contributed by atoms with van der Waals surface area (Å²) in [6.07, 6.45) is 1.76. The van der Waals surface area contributed by atoms with E-state index in [0.29, 0.717) is 30.3 Å². The first-order chi connectivity index (χ1) is 7.11. The SMILES string of the molecule is C=CCNc1nc(C)nc(NC(C)C)n1. The first kappa shape index (κ1) is 11.4. The van der Waals surface area contributed by atoms with E-state index in [1.54, 1.807) is 6.08 Å². The Labute approximate surface area is 90.1 Å². The summed E-state index contributed by atoms with van der Waals surface area (Å²) >= 11 is 0. The molecule has 0 aromatic carbocycles. The molecule has 0 aliphatic rings. The molecule has 0 bridgehead atoms. The quantitative estimate of drug-likeness (QED) is 0.718. The van der Waals surface area contributed by atoms with Crippen molar-refractivity contribution < 1.29 is 0 Å². The van der Waals surface area contributed by atoms with Gasteiger partial charge in [-0.25, -0.2) is 0 Å². The number of anilines is 2. The average molecular weight is 207 g/mol. The van der Waals surface area contributed by atoms with Gasteiger partial charge in [0.25, 0.3) is 0 Å². The van der Waals surface area contributed by atoms with Crippen LogP contribution in [0.3, 0.4) is 0 Å². The lowest BCUT2D eigenvalue weighted by molar-refractivity contribution is 0.857. The highest BCUT2D eigenvalue weighted by atomic mass is 15.2. The Morgan fingerprint density at radius 3 is 2.53 bits per heavy atom. The van der Waals surface area contributed by atoms with Gasteiger partial charge in [0.2, 0.25) is 11.9 Å². The van der Waals surface area contributed by atoms with Crippen LogP contribution in [-0.2, 0) is 0 Å². The van der Waals surface area contributed by atoms with Crippen molar-refractivity contribution in [1.29, 1.82) is 0 Å². The van der Waals surface area contributed by atoms with E-state index < -0.39 is 0 Å². The summed E-state index contributed by atoms with van der Waals surface area (Å²) in [5.41, 5.74) is 0. The van der Waals surface area contributed by atoms with Gasteiger partial charge in [0, 0.05) is 12.6 Å². The van der Waals surface area contributed by atoms with Crippen LogP contribution < -0.4 is 10.6 Å². The van der Waals surface area contributed by atoms with Crippen LogP contribution in [0.15, 0.2) is 12.7 Å². The van der Waals surface area contributed by atoms with Gasteiger partial charge in [-0.05, 0) is 20.8 Å². The Hall–Kier alpha value is -1.65. The summed E-state index contributed by atoms with van der Waals surface area (Å²) in [7, 11) is 0. The maximum absolute atomic E-state index is 4.22. The van der Waals surface area contributed by atoms with Gasteiger partial charge in [0.1, 0.15) is 5.82 Å². The Morgan fingerprint density at radius 2 is 1.93 bits per heavy atom. The molecule has 1 rings (SSSR count). The normalized spacial score (nSPS) is 10.1. The molecule has 0 spiro atoms. The third-order valence-corrected chi connectivity index (χ3v) is 1.57. The van der Waals surface area contributed by atoms with Crippen molar-refractivity contribution in [2.75, 3.05) is 17.2 Å². The molecule has 5 heteroatoms. The van der Waals surface area contributed by atoms with Crippen molar-refractivity contribution >= 4 is 11.9 Å². The van der Waals surface area contributed by atoms with Gasteiger partial charge in [-0.3, -0.25) is 0 Å². The number of aromatic nitrogens is 3. The van der Waals surface area contributed by atoms with Crippen molar-refractivity contribution in [3.05, 3.63) is 18.5 Å². The van der Waals surface area contributed by atoms with E-state index in [0.717, 1.165) is 0 Å². The first-order valence-corrected chi connectivity index (χ1v) is 4.96. The predicted octanol–water partition coefficient (Wildman–Crippen LogP) is 1.60. The van der Waals surface area contributed by atoms with Crippen molar-refractivity contribution in [3.8, 4) is 0 Å². The Balaban J connectivity index is 2.79. The third-order valence-electron chi connectivity index (χ3n) is 1.57. The lowest BCUT2D eigenvalue weighted by atomic mass is 10.4. The summed E-state index contributed by atoms with van der Waals surface area (Å²) in [5.74, 6) is 1.87. The van der Waals surface area contributed by atoms with E-state index in [4.69, 9.17) is 0 Å². The van der Waals surface area contributed by atoms with E-state index in [2.05, 4.69) is 32.2 Å².